The molecule has 0 aromatic heterocycles. The Morgan fingerprint density at radius 1 is 1.00 bits per heavy atom. The SMILES string of the molecule is CCN(Cc1ccc2c(c1)OCO2)C(=O)CN1CCN(Cc2ccccc2C)CC1. The first-order valence-corrected chi connectivity index (χ1v) is 10.8. The van der Waals surface area contributed by atoms with Gasteiger partial charge in [0.1, 0.15) is 0 Å². The van der Waals surface area contributed by atoms with E-state index in [4.69, 9.17) is 9.47 Å². The van der Waals surface area contributed by atoms with Gasteiger partial charge in [-0.25, -0.2) is 0 Å². The monoisotopic (exact) mass is 409 g/mol. The lowest BCUT2D eigenvalue weighted by atomic mass is 10.1. The highest BCUT2D eigenvalue weighted by Gasteiger charge is 2.22. The molecule has 0 aliphatic carbocycles. The summed E-state index contributed by atoms with van der Waals surface area (Å²) >= 11 is 0. The lowest BCUT2D eigenvalue weighted by Gasteiger charge is -2.35. The van der Waals surface area contributed by atoms with Crippen molar-refractivity contribution in [3.8, 4) is 11.5 Å². The summed E-state index contributed by atoms with van der Waals surface area (Å²) in [5, 5.41) is 0. The van der Waals surface area contributed by atoms with Gasteiger partial charge in [-0.05, 0) is 42.7 Å². The van der Waals surface area contributed by atoms with Crippen LogP contribution in [0.2, 0.25) is 0 Å². The van der Waals surface area contributed by atoms with E-state index in [0.717, 1.165) is 49.8 Å². The standard InChI is InChI=1S/C24H31N3O3/c1-3-27(15-20-8-9-22-23(14-20)30-18-29-22)24(28)17-26-12-10-25(11-13-26)16-21-7-5-4-6-19(21)2/h4-9,14H,3,10-13,15-18H2,1-2H3. The maximum atomic E-state index is 12.9. The summed E-state index contributed by atoms with van der Waals surface area (Å²) in [6.07, 6.45) is 0. The van der Waals surface area contributed by atoms with Crippen molar-refractivity contribution in [2.75, 3.05) is 46.1 Å². The number of fused-ring (bicyclic) bond motifs is 1. The van der Waals surface area contributed by atoms with Crippen LogP contribution in [0.4, 0.5) is 0 Å². The molecule has 1 saturated heterocycles. The van der Waals surface area contributed by atoms with Crippen molar-refractivity contribution < 1.29 is 14.3 Å². The van der Waals surface area contributed by atoms with E-state index in [0.29, 0.717) is 19.6 Å². The molecule has 2 heterocycles. The number of likely N-dealkylation sites (N-methyl/N-ethyl adjacent to an activating group) is 1. The van der Waals surface area contributed by atoms with Gasteiger partial charge in [-0.2, -0.15) is 0 Å². The van der Waals surface area contributed by atoms with Crippen molar-refractivity contribution in [1.29, 1.82) is 0 Å². The Bertz CT molecular complexity index is 878. The summed E-state index contributed by atoms with van der Waals surface area (Å²) in [6.45, 7) is 11.1. The second-order valence-electron chi connectivity index (χ2n) is 8.07. The quantitative estimate of drug-likeness (QED) is 0.704. The molecule has 1 amide bonds. The molecular formula is C24H31N3O3. The molecule has 0 saturated carbocycles. The van der Waals surface area contributed by atoms with Crippen LogP contribution in [0.3, 0.4) is 0 Å². The fourth-order valence-corrected chi connectivity index (χ4v) is 4.06. The van der Waals surface area contributed by atoms with Gasteiger partial charge < -0.3 is 14.4 Å². The molecule has 4 rings (SSSR count). The molecule has 2 aliphatic heterocycles. The van der Waals surface area contributed by atoms with Gasteiger partial charge in [-0.1, -0.05) is 30.3 Å². The zero-order valence-corrected chi connectivity index (χ0v) is 18.0. The Labute approximate surface area is 179 Å². The number of nitrogens with zero attached hydrogens (tertiary/aromatic N) is 3. The van der Waals surface area contributed by atoms with Crippen molar-refractivity contribution >= 4 is 5.91 Å². The summed E-state index contributed by atoms with van der Waals surface area (Å²) in [7, 11) is 0. The van der Waals surface area contributed by atoms with Crippen molar-refractivity contribution in [3.63, 3.8) is 0 Å². The maximum Gasteiger partial charge on any atom is 0.237 e. The largest absolute Gasteiger partial charge is 0.454 e. The Kier molecular flexibility index (Phi) is 6.55. The average Bonchev–Trinajstić information content (AvgIpc) is 3.23. The van der Waals surface area contributed by atoms with Crippen LogP contribution in [0.5, 0.6) is 11.5 Å². The van der Waals surface area contributed by atoms with Crippen LogP contribution in [-0.2, 0) is 17.9 Å². The summed E-state index contributed by atoms with van der Waals surface area (Å²) < 4.78 is 10.8. The summed E-state index contributed by atoms with van der Waals surface area (Å²) in [4.78, 5) is 19.6. The second-order valence-corrected chi connectivity index (χ2v) is 8.07. The first-order chi connectivity index (χ1) is 14.6. The number of carbonyl (C=O) groups excluding carboxylic acids is 1. The highest BCUT2D eigenvalue weighted by molar-refractivity contribution is 5.78. The van der Waals surface area contributed by atoms with Crippen LogP contribution in [0.25, 0.3) is 0 Å². The minimum absolute atomic E-state index is 0.183. The van der Waals surface area contributed by atoms with Crippen LogP contribution in [0, 0.1) is 6.92 Å². The number of amides is 1. The summed E-state index contributed by atoms with van der Waals surface area (Å²) in [5.74, 6) is 1.72. The van der Waals surface area contributed by atoms with Crippen LogP contribution >= 0.6 is 0 Å². The number of hydrogen-bond donors (Lipinski definition) is 0. The second kappa shape index (κ2) is 9.49. The lowest BCUT2D eigenvalue weighted by Crippen LogP contribution is -2.49. The molecule has 30 heavy (non-hydrogen) atoms. The Hall–Kier alpha value is -2.57. The molecule has 6 nitrogen and oxygen atoms in total. The third-order valence-electron chi connectivity index (χ3n) is 6.02. The highest BCUT2D eigenvalue weighted by atomic mass is 16.7. The lowest BCUT2D eigenvalue weighted by molar-refractivity contribution is -0.133. The van der Waals surface area contributed by atoms with Crippen LogP contribution < -0.4 is 9.47 Å². The number of piperazine rings is 1. The molecule has 2 aromatic carbocycles. The predicted molar refractivity (Wildman–Crippen MR) is 117 cm³/mol. The molecule has 0 spiro atoms. The van der Waals surface area contributed by atoms with Crippen LogP contribution in [0.1, 0.15) is 23.6 Å². The van der Waals surface area contributed by atoms with Crippen molar-refractivity contribution in [2.24, 2.45) is 0 Å². The van der Waals surface area contributed by atoms with Gasteiger partial charge in [0.25, 0.3) is 0 Å². The minimum atomic E-state index is 0.183. The molecule has 2 aliphatic rings. The molecular weight excluding hydrogens is 378 g/mol. The van der Waals surface area contributed by atoms with E-state index in [-0.39, 0.29) is 12.7 Å². The number of rotatable bonds is 7. The van der Waals surface area contributed by atoms with Gasteiger partial charge in [-0.15, -0.1) is 0 Å². The number of benzene rings is 2. The van der Waals surface area contributed by atoms with Crippen LogP contribution in [0.15, 0.2) is 42.5 Å². The smallest absolute Gasteiger partial charge is 0.237 e. The molecule has 6 heteroatoms. The van der Waals surface area contributed by atoms with Gasteiger partial charge in [0.2, 0.25) is 12.7 Å². The molecule has 0 bridgehead atoms. The number of carbonyl (C=O) groups is 1. The van der Waals surface area contributed by atoms with E-state index >= 15 is 0 Å². The van der Waals surface area contributed by atoms with E-state index < -0.39 is 0 Å². The number of hydrogen-bond acceptors (Lipinski definition) is 5. The third-order valence-corrected chi connectivity index (χ3v) is 6.02. The molecule has 0 unspecified atom stereocenters. The average molecular weight is 410 g/mol. The first kappa shape index (κ1) is 20.7. The fourth-order valence-electron chi connectivity index (χ4n) is 4.06. The molecule has 2 aromatic rings. The zero-order chi connectivity index (χ0) is 20.9. The Balaban J connectivity index is 1.26. The van der Waals surface area contributed by atoms with E-state index in [1.165, 1.54) is 11.1 Å². The Morgan fingerprint density at radius 2 is 1.73 bits per heavy atom. The molecule has 1 fully saturated rings. The van der Waals surface area contributed by atoms with E-state index in [2.05, 4.69) is 41.0 Å². The van der Waals surface area contributed by atoms with Gasteiger partial charge in [0.15, 0.2) is 11.5 Å². The molecule has 0 atom stereocenters. The first-order valence-electron chi connectivity index (χ1n) is 10.8. The maximum absolute atomic E-state index is 12.9. The molecule has 160 valence electrons. The topological polar surface area (TPSA) is 45.3 Å². The van der Waals surface area contributed by atoms with E-state index in [1.807, 2.05) is 30.0 Å². The zero-order valence-electron chi connectivity index (χ0n) is 18.0. The van der Waals surface area contributed by atoms with Crippen molar-refractivity contribution in [2.45, 2.75) is 26.9 Å². The number of aryl methyl sites for hydroxylation is 1. The van der Waals surface area contributed by atoms with Crippen molar-refractivity contribution in [3.05, 3.63) is 59.2 Å². The van der Waals surface area contributed by atoms with Gasteiger partial charge in [-0.3, -0.25) is 14.6 Å². The summed E-state index contributed by atoms with van der Waals surface area (Å²) in [6, 6.07) is 14.5. The minimum Gasteiger partial charge on any atom is -0.454 e. The Morgan fingerprint density at radius 3 is 2.50 bits per heavy atom. The predicted octanol–water partition coefficient (Wildman–Crippen LogP) is 2.89. The van der Waals surface area contributed by atoms with Gasteiger partial charge in [0.05, 0.1) is 6.54 Å². The fraction of sp³-hybridized carbons (Fsp3) is 0.458. The van der Waals surface area contributed by atoms with Crippen molar-refractivity contribution in [1.82, 2.24) is 14.7 Å². The van der Waals surface area contributed by atoms with E-state index in [9.17, 15) is 4.79 Å². The highest BCUT2D eigenvalue weighted by Crippen LogP contribution is 2.32. The third kappa shape index (κ3) is 4.94. The van der Waals surface area contributed by atoms with Crippen LogP contribution in [-0.4, -0.2) is 66.7 Å². The van der Waals surface area contributed by atoms with E-state index in [1.54, 1.807) is 0 Å². The number of ether oxygens (including phenoxy) is 2. The molecule has 0 N–H and O–H groups in total. The van der Waals surface area contributed by atoms with Gasteiger partial charge in [0, 0.05) is 45.8 Å². The molecule has 0 radical (unpaired) electrons. The van der Waals surface area contributed by atoms with Gasteiger partial charge >= 0.3 is 0 Å². The normalized spacial score (nSPS) is 16.6. The summed E-state index contributed by atoms with van der Waals surface area (Å²) in [5.41, 5.74) is 3.80.